The maximum absolute atomic E-state index is 11.9. The average molecular weight is 401 g/mol. The minimum atomic E-state index is -0.0802. The normalized spacial score (nSPS) is 18.3. The summed E-state index contributed by atoms with van der Waals surface area (Å²) in [7, 11) is 1.79. The summed E-state index contributed by atoms with van der Waals surface area (Å²) < 4.78 is 5.15. The summed E-state index contributed by atoms with van der Waals surface area (Å²) in [5, 5.41) is 3.43. The topological polar surface area (TPSA) is 74.2 Å². The smallest absolute Gasteiger partial charge is 0.309 e. The summed E-state index contributed by atoms with van der Waals surface area (Å²) >= 11 is 0. The first-order chi connectivity index (χ1) is 14.1. The molecule has 1 amide bonds. The molecule has 2 aliphatic heterocycles. The quantitative estimate of drug-likeness (QED) is 0.450. The molecule has 2 heterocycles. The highest BCUT2D eigenvalue weighted by atomic mass is 16.5. The van der Waals surface area contributed by atoms with Crippen molar-refractivity contribution in [3.05, 3.63) is 35.4 Å². The average Bonchev–Trinajstić information content (AvgIpc) is 3.14. The van der Waals surface area contributed by atoms with Crippen molar-refractivity contribution in [2.75, 3.05) is 33.3 Å². The number of ether oxygens (including phenoxy) is 1. The Labute approximate surface area is 173 Å². The Hall–Kier alpha value is -2.57. The third-order valence-electron chi connectivity index (χ3n) is 5.61. The molecule has 0 unspecified atom stereocenters. The lowest BCUT2D eigenvalue weighted by molar-refractivity contribution is -0.149. The van der Waals surface area contributed by atoms with E-state index < -0.39 is 0 Å². The van der Waals surface area contributed by atoms with Crippen LogP contribution in [0.4, 0.5) is 0 Å². The highest BCUT2D eigenvalue weighted by Crippen LogP contribution is 2.19. The van der Waals surface area contributed by atoms with E-state index in [2.05, 4.69) is 33.4 Å². The van der Waals surface area contributed by atoms with Crippen LogP contribution in [-0.4, -0.2) is 60.9 Å². The van der Waals surface area contributed by atoms with Crippen molar-refractivity contribution in [2.24, 2.45) is 10.9 Å². The second-order valence-corrected chi connectivity index (χ2v) is 7.65. The zero-order valence-corrected chi connectivity index (χ0v) is 17.5. The van der Waals surface area contributed by atoms with Gasteiger partial charge in [-0.2, -0.15) is 0 Å². The number of rotatable bonds is 6. The Morgan fingerprint density at radius 2 is 2.00 bits per heavy atom. The summed E-state index contributed by atoms with van der Waals surface area (Å²) in [6.45, 7) is 6.08. The number of aliphatic imine (C=N–C) groups is 1. The molecular formula is C22H32N4O3. The number of hydrogen-bond acceptors (Lipinski definition) is 4. The summed E-state index contributed by atoms with van der Waals surface area (Å²) in [5.41, 5.74) is 2.32. The lowest BCUT2D eigenvalue weighted by atomic mass is 9.97. The fourth-order valence-corrected chi connectivity index (χ4v) is 4.03. The van der Waals surface area contributed by atoms with E-state index in [-0.39, 0.29) is 17.8 Å². The van der Waals surface area contributed by atoms with Gasteiger partial charge in [0.25, 0.3) is 0 Å². The fourth-order valence-electron chi connectivity index (χ4n) is 4.03. The van der Waals surface area contributed by atoms with Crippen LogP contribution in [-0.2, 0) is 27.4 Å². The molecule has 7 heteroatoms. The van der Waals surface area contributed by atoms with Gasteiger partial charge in [-0.3, -0.25) is 14.6 Å². The molecule has 2 aliphatic rings. The summed E-state index contributed by atoms with van der Waals surface area (Å²) in [6.07, 6.45) is 3.21. The Morgan fingerprint density at radius 1 is 1.24 bits per heavy atom. The second-order valence-electron chi connectivity index (χ2n) is 7.65. The van der Waals surface area contributed by atoms with E-state index in [0.29, 0.717) is 26.1 Å². The Bertz CT molecular complexity index is 741. The van der Waals surface area contributed by atoms with Gasteiger partial charge in [0.2, 0.25) is 5.91 Å². The fraction of sp³-hybridized carbons (Fsp3) is 0.591. The van der Waals surface area contributed by atoms with E-state index in [1.165, 1.54) is 0 Å². The summed E-state index contributed by atoms with van der Waals surface area (Å²) in [6, 6.07) is 8.35. The first-order valence-electron chi connectivity index (χ1n) is 10.6. The molecule has 0 radical (unpaired) electrons. The molecule has 1 aromatic rings. The molecule has 1 N–H and O–H groups in total. The van der Waals surface area contributed by atoms with Crippen molar-refractivity contribution in [3.8, 4) is 0 Å². The van der Waals surface area contributed by atoms with E-state index in [4.69, 9.17) is 4.74 Å². The van der Waals surface area contributed by atoms with Crippen LogP contribution in [0.1, 0.15) is 43.7 Å². The van der Waals surface area contributed by atoms with E-state index in [9.17, 15) is 9.59 Å². The van der Waals surface area contributed by atoms with Crippen molar-refractivity contribution in [1.82, 2.24) is 15.1 Å². The zero-order valence-electron chi connectivity index (χ0n) is 17.5. The number of carbonyl (C=O) groups excluding carboxylic acids is 2. The number of hydrogen-bond donors (Lipinski definition) is 1. The molecule has 0 aliphatic carbocycles. The summed E-state index contributed by atoms with van der Waals surface area (Å²) in [4.78, 5) is 32.3. The molecule has 2 fully saturated rings. The first kappa shape index (κ1) is 21.1. The SMILES string of the molecule is CCOC(=O)C1CCN(C(=NC)NCc2cccc(CN3CCCC3=O)c2)CC1. The van der Waals surface area contributed by atoms with Gasteiger partial charge in [0.15, 0.2) is 5.96 Å². The second kappa shape index (κ2) is 10.3. The van der Waals surface area contributed by atoms with Gasteiger partial charge in [0, 0.05) is 46.2 Å². The van der Waals surface area contributed by atoms with Gasteiger partial charge >= 0.3 is 5.97 Å². The van der Waals surface area contributed by atoms with Crippen molar-refractivity contribution in [1.29, 1.82) is 0 Å². The van der Waals surface area contributed by atoms with Gasteiger partial charge < -0.3 is 19.9 Å². The number of piperidine rings is 1. The van der Waals surface area contributed by atoms with Crippen molar-refractivity contribution in [2.45, 2.75) is 45.7 Å². The number of guanidine groups is 1. The molecule has 3 rings (SSSR count). The molecule has 158 valence electrons. The first-order valence-corrected chi connectivity index (χ1v) is 10.6. The van der Waals surface area contributed by atoms with Crippen LogP contribution in [0.15, 0.2) is 29.3 Å². The molecule has 0 spiro atoms. The molecule has 0 saturated carbocycles. The third kappa shape index (κ3) is 5.71. The van der Waals surface area contributed by atoms with Crippen molar-refractivity contribution in [3.63, 3.8) is 0 Å². The largest absolute Gasteiger partial charge is 0.466 e. The lowest BCUT2D eigenvalue weighted by Gasteiger charge is -2.33. The molecular weight excluding hydrogens is 368 g/mol. The molecule has 1 aromatic carbocycles. The van der Waals surface area contributed by atoms with Crippen LogP contribution in [0.3, 0.4) is 0 Å². The number of amides is 1. The minimum Gasteiger partial charge on any atom is -0.466 e. The van der Waals surface area contributed by atoms with Gasteiger partial charge in [-0.15, -0.1) is 0 Å². The van der Waals surface area contributed by atoms with Gasteiger partial charge in [-0.1, -0.05) is 24.3 Å². The number of benzene rings is 1. The molecule has 0 bridgehead atoms. The number of carbonyl (C=O) groups is 2. The molecule has 7 nitrogen and oxygen atoms in total. The van der Waals surface area contributed by atoms with Gasteiger partial charge in [-0.25, -0.2) is 0 Å². The number of likely N-dealkylation sites (tertiary alicyclic amines) is 2. The van der Waals surface area contributed by atoms with Crippen molar-refractivity contribution >= 4 is 17.8 Å². The van der Waals surface area contributed by atoms with Crippen LogP contribution in [0.25, 0.3) is 0 Å². The van der Waals surface area contributed by atoms with E-state index >= 15 is 0 Å². The number of esters is 1. The van der Waals surface area contributed by atoms with Crippen LogP contribution in [0.2, 0.25) is 0 Å². The maximum Gasteiger partial charge on any atom is 0.309 e. The zero-order chi connectivity index (χ0) is 20.6. The van der Waals surface area contributed by atoms with Crippen LogP contribution in [0, 0.1) is 5.92 Å². The summed E-state index contributed by atoms with van der Waals surface area (Å²) in [5.74, 6) is 1.02. The number of nitrogens with one attached hydrogen (secondary N) is 1. The standard InChI is InChI=1S/C22H32N4O3/c1-3-29-21(28)19-9-12-25(13-10-19)22(23-2)24-15-17-6-4-7-18(14-17)16-26-11-5-8-20(26)27/h4,6-7,14,19H,3,5,8-13,15-16H2,1-2H3,(H,23,24). The maximum atomic E-state index is 11.9. The van der Waals surface area contributed by atoms with Crippen LogP contribution < -0.4 is 5.32 Å². The predicted octanol–water partition coefficient (Wildman–Crippen LogP) is 2.16. The van der Waals surface area contributed by atoms with Crippen LogP contribution >= 0.6 is 0 Å². The van der Waals surface area contributed by atoms with E-state index in [1.807, 2.05) is 17.9 Å². The van der Waals surface area contributed by atoms with E-state index in [1.54, 1.807) is 7.05 Å². The monoisotopic (exact) mass is 400 g/mol. The van der Waals surface area contributed by atoms with E-state index in [0.717, 1.165) is 56.0 Å². The Balaban J connectivity index is 1.50. The highest BCUT2D eigenvalue weighted by molar-refractivity contribution is 5.80. The minimum absolute atomic E-state index is 0.00529. The predicted molar refractivity (Wildman–Crippen MR) is 112 cm³/mol. The number of nitrogens with zero attached hydrogens (tertiary/aromatic N) is 3. The lowest BCUT2D eigenvalue weighted by Crippen LogP contribution is -2.46. The molecule has 2 saturated heterocycles. The molecule has 29 heavy (non-hydrogen) atoms. The van der Waals surface area contributed by atoms with Gasteiger partial charge in [-0.05, 0) is 37.3 Å². The van der Waals surface area contributed by atoms with Gasteiger partial charge in [0.1, 0.15) is 0 Å². The third-order valence-corrected chi connectivity index (χ3v) is 5.61. The Kier molecular flexibility index (Phi) is 7.49. The van der Waals surface area contributed by atoms with Crippen molar-refractivity contribution < 1.29 is 14.3 Å². The molecule has 0 atom stereocenters. The van der Waals surface area contributed by atoms with Crippen LogP contribution in [0.5, 0.6) is 0 Å². The van der Waals surface area contributed by atoms with Gasteiger partial charge in [0.05, 0.1) is 12.5 Å². The molecule has 0 aromatic heterocycles. The highest BCUT2D eigenvalue weighted by Gasteiger charge is 2.27. The Morgan fingerprint density at radius 3 is 2.66 bits per heavy atom.